The average molecular weight is 718 g/mol. The number of nitrogens with zero attached hydrogens (tertiary/aromatic N) is 1. The quantitative estimate of drug-likeness (QED) is 0.156. The van der Waals surface area contributed by atoms with Crippen LogP contribution in [0, 0.1) is 0 Å². The second-order valence-electron chi connectivity index (χ2n) is 14.5. The largest absolute Gasteiger partial charge is 0.455 e. The number of para-hydroxylation sites is 2. The van der Waals surface area contributed by atoms with Gasteiger partial charge in [0.2, 0.25) is 0 Å². The zero-order valence-electron chi connectivity index (χ0n) is 31.0. The van der Waals surface area contributed by atoms with E-state index in [0.717, 1.165) is 63.0 Å². The molecule has 0 amide bonds. The van der Waals surface area contributed by atoms with Gasteiger partial charge in [-0.1, -0.05) is 170 Å². The molecular formula is C54H39NO. The predicted octanol–water partition coefficient (Wildman–Crippen LogP) is 15.3. The van der Waals surface area contributed by atoms with Gasteiger partial charge < -0.3 is 9.32 Å². The number of rotatable bonds is 8. The lowest BCUT2D eigenvalue weighted by atomic mass is 9.90. The van der Waals surface area contributed by atoms with Gasteiger partial charge in [-0.3, -0.25) is 0 Å². The van der Waals surface area contributed by atoms with Gasteiger partial charge >= 0.3 is 0 Å². The first-order valence-electron chi connectivity index (χ1n) is 19.4. The Labute approximate surface area is 327 Å². The molecule has 8 aromatic carbocycles. The fourth-order valence-electron chi connectivity index (χ4n) is 8.12. The van der Waals surface area contributed by atoms with Gasteiger partial charge in [-0.05, 0) is 105 Å². The molecule has 0 unspecified atom stereocenters. The van der Waals surface area contributed by atoms with Crippen molar-refractivity contribution in [3.63, 3.8) is 0 Å². The highest BCUT2D eigenvalue weighted by atomic mass is 16.3. The molecule has 1 aliphatic rings. The molecule has 9 aromatic rings. The summed E-state index contributed by atoms with van der Waals surface area (Å²) in [6.45, 7) is 0. The van der Waals surface area contributed by atoms with Crippen LogP contribution in [0.4, 0.5) is 17.1 Å². The fraction of sp³-hybridized carbons (Fsp3) is 0.0370. The van der Waals surface area contributed by atoms with Crippen molar-refractivity contribution >= 4 is 50.1 Å². The maximum atomic E-state index is 6.47. The Balaban J connectivity index is 1.02. The number of allylic oxidation sites excluding steroid dienone is 4. The number of benzene rings is 8. The lowest BCUT2D eigenvalue weighted by molar-refractivity contribution is 0.670. The average Bonchev–Trinajstić information content (AvgIpc) is 3.67. The smallest absolute Gasteiger partial charge is 0.143 e. The minimum Gasteiger partial charge on any atom is -0.455 e. The lowest BCUT2D eigenvalue weighted by Gasteiger charge is -2.27. The molecular weight excluding hydrogens is 679 g/mol. The third kappa shape index (κ3) is 6.42. The van der Waals surface area contributed by atoms with E-state index < -0.39 is 0 Å². The van der Waals surface area contributed by atoms with E-state index in [1.165, 1.54) is 44.5 Å². The Morgan fingerprint density at radius 3 is 1.43 bits per heavy atom. The molecule has 0 N–H and O–H groups in total. The molecule has 0 saturated carbocycles. The number of hydrogen-bond acceptors (Lipinski definition) is 2. The van der Waals surface area contributed by atoms with E-state index in [9.17, 15) is 0 Å². The summed E-state index contributed by atoms with van der Waals surface area (Å²) in [7, 11) is 0. The molecule has 56 heavy (non-hydrogen) atoms. The SMILES string of the molecule is C1=C(c2ccccc2)CCC(c2ccc(N(c3ccc(-c4ccc(-c5ccccc5)cc4)cc3)c3cccc(-c4cccc5c4oc4ccccc45)c3)cc2)=C1. The predicted molar refractivity (Wildman–Crippen MR) is 236 cm³/mol. The van der Waals surface area contributed by atoms with Crippen molar-refractivity contribution in [2.75, 3.05) is 4.90 Å². The normalized spacial score (nSPS) is 12.7. The Morgan fingerprint density at radius 1 is 0.339 bits per heavy atom. The summed E-state index contributed by atoms with van der Waals surface area (Å²) in [4.78, 5) is 2.36. The number of hydrogen-bond donors (Lipinski definition) is 0. The molecule has 0 atom stereocenters. The molecule has 10 rings (SSSR count). The monoisotopic (exact) mass is 717 g/mol. The van der Waals surface area contributed by atoms with Crippen LogP contribution in [-0.4, -0.2) is 0 Å². The second kappa shape index (κ2) is 14.6. The van der Waals surface area contributed by atoms with Crippen LogP contribution in [0.15, 0.2) is 217 Å². The van der Waals surface area contributed by atoms with Crippen molar-refractivity contribution in [3.05, 3.63) is 223 Å². The van der Waals surface area contributed by atoms with Crippen LogP contribution in [0.3, 0.4) is 0 Å². The highest BCUT2D eigenvalue weighted by molar-refractivity contribution is 6.09. The maximum Gasteiger partial charge on any atom is 0.143 e. The summed E-state index contributed by atoms with van der Waals surface area (Å²) < 4.78 is 6.47. The maximum absolute atomic E-state index is 6.47. The molecule has 266 valence electrons. The van der Waals surface area contributed by atoms with E-state index in [1.807, 2.05) is 12.1 Å². The van der Waals surface area contributed by atoms with Crippen LogP contribution in [0.25, 0.3) is 66.5 Å². The molecule has 0 fully saturated rings. The Kier molecular flexibility index (Phi) is 8.70. The van der Waals surface area contributed by atoms with Crippen molar-refractivity contribution in [2.45, 2.75) is 12.8 Å². The van der Waals surface area contributed by atoms with Gasteiger partial charge in [0.25, 0.3) is 0 Å². The summed E-state index contributed by atoms with van der Waals surface area (Å²) in [5.74, 6) is 0. The summed E-state index contributed by atoms with van der Waals surface area (Å²) in [6, 6.07) is 71.7. The standard InChI is InChI=1S/C54H39NO/c1-3-11-38(12-4-1)40-21-25-42(26-22-40)44-29-33-47(34-30-44)55(48-35-31-45(32-36-48)43-27-23-41(24-28-43)39-13-5-2-6-14-39)49-16-9-15-46(37-49)50-18-10-19-52-51-17-7-8-20-53(51)56-54(50)52/h1-23,25-27,29-37H,24,28H2. The molecule has 1 aromatic heterocycles. The van der Waals surface area contributed by atoms with E-state index in [2.05, 4.69) is 205 Å². The first kappa shape index (κ1) is 33.4. The van der Waals surface area contributed by atoms with Crippen molar-refractivity contribution in [1.29, 1.82) is 0 Å². The topological polar surface area (TPSA) is 16.4 Å². The third-order valence-electron chi connectivity index (χ3n) is 11.1. The summed E-state index contributed by atoms with van der Waals surface area (Å²) in [5.41, 5.74) is 17.4. The van der Waals surface area contributed by atoms with Crippen LogP contribution in [0.5, 0.6) is 0 Å². The molecule has 0 radical (unpaired) electrons. The fourth-order valence-corrected chi connectivity index (χ4v) is 8.12. The highest BCUT2D eigenvalue weighted by Gasteiger charge is 2.18. The van der Waals surface area contributed by atoms with E-state index in [1.54, 1.807) is 0 Å². The molecule has 2 nitrogen and oxygen atoms in total. The molecule has 1 aliphatic carbocycles. The van der Waals surface area contributed by atoms with Gasteiger partial charge in [0.05, 0.1) is 0 Å². The molecule has 1 heterocycles. The van der Waals surface area contributed by atoms with Gasteiger partial charge in [-0.2, -0.15) is 0 Å². The van der Waals surface area contributed by atoms with E-state index in [0.29, 0.717) is 0 Å². The number of fused-ring (bicyclic) bond motifs is 3. The van der Waals surface area contributed by atoms with Crippen LogP contribution < -0.4 is 4.90 Å². The van der Waals surface area contributed by atoms with Gasteiger partial charge in [-0.15, -0.1) is 0 Å². The van der Waals surface area contributed by atoms with Gasteiger partial charge in [0, 0.05) is 33.4 Å². The zero-order chi connectivity index (χ0) is 37.3. The summed E-state index contributed by atoms with van der Waals surface area (Å²) in [6.07, 6.45) is 6.65. The number of anilines is 3. The third-order valence-corrected chi connectivity index (χ3v) is 11.1. The molecule has 0 aliphatic heterocycles. The number of furan rings is 1. The Morgan fingerprint density at radius 2 is 0.804 bits per heavy atom. The van der Waals surface area contributed by atoms with Crippen molar-refractivity contribution in [3.8, 4) is 33.4 Å². The lowest BCUT2D eigenvalue weighted by Crippen LogP contribution is -2.10. The first-order chi connectivity index (χ1) is 27.7. The van der Waals surface area contributed by atoms with Gasteiger partial charge in [-0.25, -0.2) is 0 Å². The zero-order valence-corrected chi connectivity index (χ0v) is 31.0. The Bertz CT molecular complexity index is 2860. The molecule has 2 heteroatoms. The molecule has 0 bridgehead atoms. The summed E-state index contributed by atoms with van der Waals surface area (Å²) in [5, 5.41) is 2.27. The van der Waals surface area contributed by atoms with Gasteiger partial charge in [0.1, 0.15) is 11.2 Å². The van der Waals surface area contributed by atoms with E-state index in [4.69, 9.17) is 4.42 Å². The van der Waals surface area contributed by atoms with Crippen LogP contribution in [0.2, 0.25) is 0 Å². The van der Waals surface area contributed by atoms with E-state index in [-0.39, 0.29) is 0 Å². The molecule has 0 spiro atoms. The Hall–Kier alpha value is -7.16. The highest BCUT2D eigenvalue weighted by Crippen LogP contribution is 2.41. The minimum absolute atomic E-state index is 0.905. The first-order valence-corrected chi connectivity index (χ1v) is 19.4. The van der Waals surface area contributed by atoms with Crippen LogP contribution in [-0.2, 0) is 0 Å². The van der Waals surface area contributed by atoms with Crippen molar-refractivity contribution < 1.29 is 4.42 Å². The van der Waals surface area contributed by atoms with Crippen molar-refractivity contribution in [2.24, 2.45) is 0 Å². The van der Waals surface area contributed by atoms with Gasteiger partial charge in [0.15, 0.2) is 0 Å². The summed E-state index contributed by atoms with van der Waals surface area (Å²) >= 11 is 0. The van der Waals surface area contributed by atoms with Crippen LogP contribution in [0.1, 0.15) is 24.0 Å². The second-order valence-corrected chi connectivity index (χ2v) is 14.5. The molecule has 0 saturated heterocycles. The minimum atomic E-state index is 0.905. The van der Waals surface area contributed by atoms with E-state index >= 15 is 0 Å². The van der Waals surface area contributed by atoms with Crippen molar-refractivity contribution in [1.82, 2.24) is 0 Å². The van der Waals surface area contributed by atoms with Crippen LogP contribution >= 0.6 is 0 Å².